The van der Waals surface area contributed by atoms with Gasteiger partial charge in [-0.3, -0.25) is 4.79 Å². The lowest BCUT2D eigenvalue weighted by molar-refractivity contribution is -0.135. The van der Waals surface area contributed by atoms with E-state index in [1.165, 1.54) is 61.1 Å². The first-order valence-corrected chi connectivity index (χ1v) is 13.5. The molecule has 0 aliphatic heterocycles. The van der Waals surface area contributed by atoms with E-state index < -0.39 is 0 Å². The Labute approximate surface area is 199 Å². The van der Waals surface area contributed by atoms with Crippen LogP contribution in [0.1, 0.15) is 64.2 Å². The van der Waals surface area contributed by atoms with Gasteiger partial charge in [0.1, 0.15) is 11.4 Å². The zero-order chi connectivity index (χ0) is 22.2. The van der Waals surface area contributed by atoms with Crippen LogP contribution >= 0.6 is 11.8 Å². The molecule has 1 amide bonds. The number of amides is 1. The Hall–Kier alpha value is -2.47. The third-order valence-corrected chi connectivity index (χ3v) is 8.45. The molecule has 0 radical (unpaired) electrons. The summed E-state index contributed by atoms with van der Waals surface area (Å²) in [4.78, 5) is 20.7. The second-order valence-corrected chi connectivity index (χ2v) is 10.6. The average Bonchev–Trinajstić information content (AvgIpc) is 3.19. The van der Waals surface area contributed by atoms with Crippen molar-refractivity contribution < 1.29 is 4.79 Å². The van der Waals surface area contributed by atoms with Gasteiger partial charge < -0.3 is 4.90 Å². The van der Waals surface area contributed by atoms with Gasteiger partial charge in [0, 0.05) is 28.6 Å². The Morgan fingerprint density at radius 2 is 1.42 bits per heavy atom. The fourth-order valence-electron chi connectivity index (χ4n) is 6.10. The van der Waals surface area contributed by atoms with Crippen molar-refractivity contribution >= 4 is 28.4 Å². The lowest BCUT2D eigenvalue weighted by Crippen LogP contribution is -2.49. The van der Waals surface area contributed by atoms with Gasteiger partial charge in [0.2, 0.25) is 11.1 Å². The van der Waals surface area contributed by atoms with E-state index in [1.54, 1.807) is 0 Å². The molecule has 3 aliphatic carbocycles. The van der Waals surface area contributed by atoms with E-state index in [0.29, 0.717) is 23.0 Å². The van der Waals surface area contributed by atoms with Crippen LogP contribution in [0.2, 0.25) is 0 Å². The van der Waals surface area contributed by atoms with E-state index in [1.807, 2.05) is 0 Å². The third kappa shape index (κ3) is 3.92. The maximum absolute atomic E-state index is 13.5. The lowest BCUT2D eigenvalue weighted by Gasteiger charge is -2.41. The molecule has 0 bridgehead atoms. The minimum Gasteiger partial charge on any atom is -0.336 e. The van der Waals surface area contributed by atoms with Crippen LogP contribution in [-0.4, -0.2) is 43.8 Å². The standard InChI is InChI=1S/C27H30N4OS/c32-23(31(19-11-3-1-4-12-19)20-13-5-2-6-14-20)17-33-27-28-25-21-15-7-9-18-10-8-16-22(24(18)21)26(25)29-30-27/h7-10,15-16,19-20H,1-6,11-14,17H2. The summed E-state index contributed by atoms with van der Waals surface area (Å²) in [6, 6.07) is 13.4. The highest BCUT2D eigenvalue weighted by atomic mass is 32.2. The van der Waals surface area contributed by atoms with Gasteiger partial charge in [-0.1, -0.05) is 86.7 Å². The van der Waals surface area contributed by atoms with Crippen molar-refractivity contribution in [3.8, 4) is 22.5 Å². The minimum atomic E-state index is 0.258. The Morgan fingerprint density at radius 3 is 2.06 bits per heavy atom. The summed E-state index contributed by atoms with van der Waals surface area (Å²) >= 11 is 1.44. The molecule has 6 heteroatoms. The van der Waals surface area contributed by atoms with Crippen LogP contribution in [0.5, 0.6) is 0 Å². The zero-order valence-electron chi connectivity index (χ0n) is 19.0. The molecule has 170 valence electrons. The predicted octanol–water partition coefficient (Wildman–Crippen LogP) is 6.26. The first-order valence-electron chi connectivity index (χ1n) is 12.5. The number of carbonyl (C=O) groups excluding carboxylic acids is 1. The number of hydrogen-bond acceptors (Lipinski definition) is 5. The molecule has 2 saturated carbocycles. The molecule has 0 unspecified atom stereocenters. The molecule has 3 aromatic rings. The van der Waals surface area contributed by atoms with Crippen LogP contribution in [0.15, 0.2) is 41.6 Å². The molecule has 1 heterocycles. The van der Waals surface area contributed by atoms with Crippen LogP contribution in [0, 0.1) is 0 Å². The van der Waals surface area contributed by atoms with Crippen molar-refractivity contribution in [2.45, 2.75) is 81.4 Å². The van der Waals surface area contributed by atoms with Gasteiger partial charge in [0.15, 0.2) is 0 Å². The van der Waals surface area contributed by atoms with Crippen LogP contribution < -0.4 is 0 Å². The van der Waals surface area contributed by atoms with E-state index >= 15 is 0 Å². The monoisotopic (exact) mass is 458 g/mol. The molecule has 6 rings (SSSR count). The average molecular weight is 459 g/mol. The number of carbonyl (C=O) groups is 1. The minimum absolute atomic E-state index is 0.258. The second kappa shape index (κ2) is 9.05. The van der Waals surface area contributed by atoms with Gasteiger partial charge in [0.05, 0.1) is 5.75 Å². The fourth-order valence-corrected chi connectivity index (χ4v) is 6.76. The van der Waals surface area contributed by atoms with E-state index in [-0.39, 0.29) is 5.91 Å². The van der Waals surface area contributed by atoms with Crippen LogP contribution in [0.4, 0.5) is 0 Å². The number of rotatable bonds is 5. The molecule has 0 N–H and O–H groups in total. The zero-order valence-corrected chi connectivity index (χ0v) is 19.8. The van der Waals surface area contributed by atoms with Gasteiger partial charge in [-0.15, -0.1) is 10.2 Å². The Balaban J connectivity index is 1.22. The molecule has 33 heavy (non-hydrogen) atoms. The third-order valence-electron chi connectivity index (χ3n) is 7.63. The van der Waals surface area contributed by atoms with Crippen molar-refractivity contribution in [2.75, 3.05) is 5.75 Å². The van der Waals surface area contributed by atoms with Crippen molar-refractivity contribution in [1.29, 1.82) is 0 Å². The summed E-state index contributed by atoms with van der Waals surface area (Å²) in [5, 5.41) is 12.0. The van der Waals surface area contributed by atoms with Gasteiger partial charge in [-0.05, 0) is 31.1 Å². The van der Waals surface area contributed by atoms with Crippen LogP contribution in [-0.2, 0) is 4.79 Å². The maximum Gasteiger partial charge on any atom is 0.233 e. The normalized spacial score (nSPS) is 18.4. The maximum atomic E-state index is 13.5. The van der Waals surface area contributed by atoms with Crippen molar-refractivity contribution in [3.05, 3.63) is 36.4 Å². The van der Waals surface area contributed by atoms with Crippen LogP contribution in [0.3, 0.4) is 0 Å². The fraction of sp³-hybridized carbons (Fsp3) is 0.481. The van der Waals surface area contributed by atoms with E-state index in [9.17, 15) is 4.79 Å². The number of benzene rings is 2. The Kier molecular flexibility index (Phi) is 5.78. The van der Waals surface area contributed by atoms with Crippen molar-refractivity contribution in [2.24, 2.45) is 0 Å². The topological polar surface area (TPSA) is 59.0 Å². The molecule has 2 aromatic carbocycles. The highest BCUT2D eigenvalue weighted by Gasteiger charge is 2.32. The summed E-state index contributed by atoms with van der Waals surface area (Å²) in [5.74, 6) is 0.651. The Bertz CT molecular complexity index is 1160. The number of aromatic nitrogens is 3. The molecule has 0 spiro atoms. The highest BCUT2D eigenvalue weighted by Crippen LogP contribution is 2.45. The first kappa shape index (κ1) is 21.1. The highest BCUT2D eigenvalue weighted by molar-refractivity contribution is 7.99. The number of fused-ring (bicyclic) bond motifs is 3. The summed E-state index contributed by atoms with van der Waals surface area (Å²) in [5.41, 5.74) is 3.96. The molecular weight excluding hydrogens is 428 g/mol. The molecule has 2 fully saturated rings. The van der Waals surface area contributed by atoms with Crippen molar-refractivity contribution in [3.63, 3.8) is 0 Å². The summed E-state index contributed by atoms with van der Waals surface area (Å²) < 4.78 is 0. The molecule has 1 aromatic heterocycles. The van der Waals surface area contributed by atoms with Gasteiger partial charge >= 0.3 is 0 Å². The molecular formula is C27H30N4OS. The largest absolute Gasteiger partial charge is 0.336 e. The van der Waals surface area contributed by atoms with Gasteiger partial charge in [-0.25, -0.2) is 4.98 Å². The van der Waals surface area contributed by atoms with Gasteiger partial charge in [0.25, 0.3) is 0 Å². The smallest absolute Gasteiger partial charge is 0.233 e. The molecule has 0 saturated heterocycles. The number of nitrogens with zero attached hydrogens (tertiary/aromatic N) is 4. The van der Waals surface area contributed by atoms with Crippen molar-refractivity contribution in [1.82, 2.24) is 20.1 Å². The SMILES string of the molecule is O=C(CSc1nnc2c(n1)-c1cccc3cccc-2c13)N(C1CCCCC1)C1CCCCC1. The summed E-state index contributed by atoms with van der Waals surface area (Å²) in [6.07, 6.45) is 12.2. The predicted molar refractivity (Wildman–Crippen MR) is 133 cm³/mol. The van der Waals surface area contributed by atoms with E-state index in [4.69, 9.17) is 4.98 Å². The second-order valence-electron chi connectivity index (χ2n) is 9.67. The summed E-state index contributed by atoms with van der Waals surface area (Å²) in [6.45, 7) is 0. The van der Waals surface area contributed by atoms with Gasteiger partial charge in [-0.2, -0.15) is 0 Å². The quantitative estimate of drug-likeness (QED) is 0.330. The first-order chi connectivity index (χ1) is 16.3. The van der Waals surface area contributed by atoms with E-state index in [0.717, 1.165) is 48.2 Å². The molecule has 0 atom stereocenters. The van der Waals surface area contributed by atoms with E-state index in [2.05, 4.69) is 51.5 Å². The summed E-state index contributed by atoms with van der Waals surface area (Å²) in [7, 11) is 0. The van der Waals surface area contributed by atoms with Crippen LogP contribution in [0.25, 0.3) is 33.3 Å². The molecule has 3 aliphatic rings. The number of thioether (sulfide) groups is 1. The molecule has 5 nitrogen and oxygen atoms in total. The lowest BCUT2D eigenvalue weighted by atomic mass is 9.88. The number of hydrogen-bond donors (Lipinski definition) is 0. The Morgan fingerprint density at radius 1 is 0.818 bits per heavy atom.